The molecule has 9 nitrogen and oxygen atoms in total. The molecular weight excluding hydrogens is 340 g/mol. The molecule has 1 atom stereocenters. The van der Waals surface area contributed by atoms with Crippen molar-refractivity contribution in [2.75, 3.05) is 13.6 Å². The molecule has 0 aliphatic heterocycles. The maximum atomic E-state index is 8.55. The first-order chi connectivity index (χ1) is 12.1. The summed E-state index contributed by atoms with van der Waals surface area (Å²) in [6, 6.07) is 3.75. The molecule has 25 heavy (non-hydrogen) atoms. The second kappa shape index (κ2) is 9.41. The van der Waals surface area contributed by atoms with Crippen LogP contribution in [-0.4, -0.2) is 36.9 Å². The van der Waals surface area contributed by atoms with Crippen LogP contribution in [-0.2, 0) is 6.54 Å². The van der Waals surface area contributed by atoms with Gasteiger partial charge in [-0.3, -0.25) is 0 Å². The van der Waals surface area contributed by atoms with E-state index in [1.807, 2.05) is 24.4 Å². The van der Waals surface area contributed by atoms with Gasteiger partial charge in [0.15, 0.2) is 5.76 Å². The van der Waals surface area contributed by atoms with Gasteiger partial charge in [0.2, 0.25) is 17.3 Å². The summed E-state index contributed by atoms with van der Waals surface area (Å²) in [5, 5.41) is 19.8. The Morgan fingerprint density at radius 3 is 3.12 bits per heavy atom. The molecule has 0 aliphatic carbocycles. The van der Waals surface area contributed by atoms with Gasteiger partial charge in [-0.05, 0) is 19.1 Å². The molecule has 0 aromatic carbocycles. The molecule has 0 bridgehead atoms. The predicted octanol–water partition coefficient (Wildman–Crippen LogP) is 1.15. The van der Waals surface area contributed by atoms with Gasteiger partial charge in [0.25, 0.3) is 0 Å². The Morgan fingerprint density at radius 1 is 1.56 bits per heavy atom. The molecule has 10 heteroatoms. The molecule has 0 fully saturated rings. The second-order valence-electron chi connectivity index (χ2n) is 5.09. The lowest BCUT2D eigenvalue weighted by atomic mass is 10.3. The van der Waals surface area contributed by atoms with Crippen LogP contribution in [0.25, 0.3) is 11.5 Å². The number of rotatable bonds is 7. The second-order valence-corrected chi connectivity index (χ2v) is 5.93. The molecular formula is C15H20N8OS. The van der Waals surface area contributed by atoms with Crippen LogP contribution in [0, 0.1) is 11.5 Å². The maximum Gasteiger partial charge on any atom is 0.211 e. The normalized spacial score (nSPS) is 12.8. The van der Waals surface area contributed by atoms with Crippen LogP contribution >= 0.6 is 11.3 Å². The van der Waals surface area contributed by atoms with Gasteiger partial charge in [-0.25, -0.2) is 9.98 Å². The third kappa shape index (κ3) is 5.91. The summed E-state index contributed by atoms with van der Waals surface area (Å²) in [4.78, 5) is 12.2. The number of nitrogens with one attached hydrogen (secondary N) is 3. The number of hydrogen-bond acceptors (Lipinski definition) is 7. The molecule has 132 valence electrons. The van der Waals surface area contributed by atoms with Crippen molar-refractivity contribution >= 4 is 28.8 Å². The molecule has 2 rings (SSSR count). The first kappa shape index (κ1) is 18.4. The van der Waals surface area contributed by atoms with E-state index in [9.17, 15) is 0 Å². The standard InChI is InChI=1S/C15H20N8OS/c1-10(17)5-19-9-22-15-23-12(7-25-15)13-4-3-11(24-13)6-20-14(18-2)21-8-16/h3-4,7,9-10H,5-6,17H2,1-2H3,(H2,18,20,21)(H,19,22,23). The van der Waals surface area contributed by atoms with E-state index < -0.39 is 0 Å². The highest BCUT2D eigenvalue weighted by atomic mass is 32.1. The minimum atomic E-state index is 0.0649. The molecule has 0 saturated carbocycles. The molecule has 1 unspecified atom stereocenters. The SMILES string of the molecule is CNC(=NC#N)NCc1ccc(-c2csc(N=CNCC(C)N)n2)o1. The molecule has 5 N–H and O–H groups in total. The van der Waals surface area contributed by atoms with E-state index in [-0.39, 0.29) is 6.04 Å². The zero-order chi connectivity index (χ0) is 18.1. The summed E-state index contributed by atoms with van der Waals surface area (Å²) in [6.07, 6.45) is 3.31. The van der Waals surface area contributed by atoms with Crippen molar-refractivity contribution in [3.63, 3.8) is 0 Å². The third-order valence-corrected chi connectivity index (χ3v) is 3.69. The summed E-state index contributed by atoms with van der Waals surface area (Å²) in [7, 11) is 1.68. The average Bonchev–Trinajstić information content (AvgIpc) is 3.24. The molecule has 0 amide bonds. The van der Waals surface area contributed by atoms with Crippen LogP contribution in [0.3, 0.4) is 0 Å². The van der Waals surface area contributed by atoms with Crippen molar-refractivity contribution in [1.82, 2.24) is 20.9 Å². The number of nitrogens with two attached hydrogens (primary N) is 1. The Bertz CT molecular complexity index is 771. The van der Waals surface area contributed by atoms with E-state index in [4.69, 9.17) is 15.4 Å². The van der Waals surface area contributed by atoms with Gasteiger partial charge in [-0.15, -0.1) is 16.3 Å². The minimum Gasteiger partial charge on any atom is -0.458 e. The number of aliphatic imine (C=N–C) groups is 2. The smallest absolute Gasteiger partial charge is 0.211 e. The Morgan fingerprint density at radius 2 is 2.40 bits per heavy atom. The van der Waals surface area contributed by atoms with Crippen molar-refractivity contribution in [2.24, 2.45) is 15.7 Å². The van der Waals surface area contributed by atoms with Crippen molar-refractivity contribution in [3.8, 4) is 17.6 Å². The molecule has 2 aromatic heterocycles. The van der Waals surface area contributed by atoms with Gasteiger partial charge in [-0.2, -0.15) is 5.26 Å². The van der Waals surface area contributed by atoms with E-state index in [2.05, 4.69) is 30.9 Å². The van der Waals surface area contributed by atoms with Gasteiger partial charge in [0.1, 0.15) is 11.5 Å². The van der Waals surface area contributed by atoms with E-state index in [1.54, 1.807) is 19.6 Å². The summed E-state index contributed by atoms with van der Waals surface area (Å²) in [5.41, 5.74) is 6.36. The number of aromatic nitrogens is 1. The van der Waals surface area contributed by atoms with Gasteiger partial charge in [-0.1, -0.05) is 0 Å². The van der Waals surface area contributed by atoms with Crippen LogP contribution in [0.1, 0.15) is 12.7 Å². The first-order valence-electron chi connectivity index (χ1n) is 7.57. The summed E-state index contributed by atoms with van der Waals surface area (Å²) in [6.45, 7) is 2.97. The fourth-order valence-electron chi connectivity index (χ4n) is 1.79. The number of nitrogens with zero attached hydrogens (tertiary/aromatic N) is 4. The third-order valence-electron chi connectivity index (χ3n) is 2.94. The minimum absolute atomic E-state index is 0.0649. The highest BCUT2D eigenvalue weighted by molar-refractivity contribution is 7.13. The lowest BCUT2D eigenvalue weighted by Crippen LogP contribution is -2.33. The van der Waals surface area contributed by atoms with Gasteiger partial charge >= 0.3 is 0 Å². The zero-order valence-electron chi connectivity index (χ0n) is 14.0. The number of furan rings is 1. The van der Waals surface area contributed by atoms with Crippen LogP contribution in [0.4, 0.5) is 5.13 Å². The Kier molecular flexibility index (Phi) is 6.94. The molecule has 2 heterocycles. The first-order valence-corrected chi connectivity index (χ1v) is 8.45. The summed E-state index contributed by atoms with van der Waals surface area (Å²) >= 11 is 1.42. The Balaban J connectivity index is 1.94. The summed E-state index contributed by atoms with van der Waals surface area (Å²) < 4.78 is 5.75. The zero-order valence-corrected chi connectivity index (χ0v) is 14.8. The monoisotopic (exact) mass is 360 g/mol. The van der Waals surface area contributed by atoms with E-state index >= 15 is 0 Å². The lowest BCUT2D eigenvalue weighted by Gasteiger charge is -2.04. The van der Waals surface area contributed by atoms with Crippen molar-refractivity contribution in [3.05, 3.63) is 23.3 Å². The van der Waals surface area contributed by atoms with E-state index in [0.29, 0.717) is 35.7 Å². The Labute approximate surface area is 149 Å². The topological polar surface area (TPSA) is 137 Å². The lowest BCUT2D eigenvalue weighted by molar-refractivity contribution is 0.513. The average molecular weight is 360 g/mol. The maximum absolute atomic E-state index is 8.55. The summed E-state index contributed by atoms with van der Waals surface area (Å²) in [5.74, 6) is 1.74. The number of guanidine groups is 1. The Hall–Kier alpha value is -2.90. The largest absolute Gasteiger partial charge is 0.458 e. The highest BCUT2D eigenvalue weighted by Crippen LogP contribution is 2.27. The quantitative estimate of drug-likeness (QED) is 0.330. The van der Waals surface area contributed by atoms with Crippen molar-refractivity contribution < 1.29 is 4.42 Å². The predicted molar refractivity (Wildman–Crippen MR) is 98.6 cm³/mol. The fraction of sp³-hybridized carbons (Fsp3) is 0.333. The van der Waals surface area contributed by atoms with E-state index in [1.165, 1.54) is 11.3 Å². The highest BCUT2D eigenvalue weighted by Gasteiger charge is 2.09. The van der Waals surface area contributed by atoms with Crippen molar-refractivity contribution in [2.45, 2.75) is 19.5 Å². The van der Waals surface area contributed by atoms with Crippen LogP contribution in [0.15, 0.2) is 31.9 Å². The molecule has 0 aliphatic rings. The number of nitriles is 1. The van der Waals surface area contributed by atoms with E-state index in [0.717, 1.165) is 5.69 Å². The van der Waals surface area contributed by atoms with Crippen LogP contribution < -0.4 is 21.7 Å². The van der Waals surface area contributed by atoms with Gasteiger partial charge < -0.3 is 26.1 Å². The number of thiazole rings is 1. The van der Waals surface area contributed by atoms with Gasteiger partial charge in [0, 0.05) is 25.0 Å². The fourth-order valence-corrected chi connectivity index (χ4v) is 2.44. The van der Waals surface area contributed by atoms with Crippen LogP contribution in [0.5, 0.6) is 0 Å². The van der Waals surface area contributed by atoms with Gasteiger partial charge in [0.05, 0.1) is 12.9 Å². The number of hydrogen-bond donors (Lipinski definition) is 4. The van der Waals surface area contributed by atoms with Crippen LogP contribution in [0.2, 0.25) is 0 Å². The molecule has 2 aromatic rings. The molecule has 0 spiro atoms. The van der Waals surface area contributed by atoms with Crippen molar-refractivity contribution in [1.29, 1.82) is 5.26 Å². The molecule has 0 radical (unpaired) electrons. The molecule has 0 saturated heterocycles.